The zero-order valence-corrected chi connectivity index (χ0v) is 7.94. The van der Waals surface area contributed by atoms with Crippen LogP contribution in [0.4, 0.5) is 0 Å². The highest BCUT2D eigenvalue weighted by Crippen LogP contribution is 1.96. The van der Waals surface area contributed by atoms with E-state index in [1.807, 2.05) is 0 Å². The summed E-state index contributed by atoms with van der Waals surface area (Å²) in [6.07, 6.45) is 5.24. The van der Waals surface area contributed by atoms with E-state index in [1.165, 1.54) is 19.3 Å². The molecule has 0 unspecified atom stereocenters. The van der Waals surface area contributed by atoms with Crippen LogP contribution in [-0.2, 0) is 4.79 Å². The number of unbranched alkanes of at least 4 members (excludes halogenated alkanes) is 3. The molecule has 72 valence electrons. The van der Waals surface area contributed by atoms with Gasteiger partial charge in [-0.15, -0.1) is 0 Å². The summed E-state index contributed by atoms with van der Waals surface area (Å²) < 4.78 is 0. The number of nitrogens with two attached hydrogens (primary N) is 1. The van der Waals surface area contributed by atoms with Crippen molar-refractivity contribution in [3.8, 4) is 0 Å². The van der Waals surface area contributed by atoms with Gasteiger partial charge in [-0.1, -0.05) is 26.2 Å². The first-order valence-corrected chi connectivity index (χ1v) is 4.78. The molecule has 0 rings (SSSR count). The maximum atomic E-state index is 10.9. The normalized spacial score (nSPS) is 9.83. The van der Waals surface area contributed by atoms with Crippen LogP contribution in [0.25, 0.3) is 0 Å². The van der Waals surface area contributed by atoms with Crippen molar-refractivity contribution in [2.75, 3.05) is 13.1 Å². The van der Waals surface area contributed by atoms with E-state index in [9.17, 15) is 4.79 Å². The second kappa shape index (κ2) is 8.53. The summed E-state index contributed by atoms with van der Waals surface area (Å²) in [4.78, 5) is 10.9. The number of hydrogen-bond donors (Lipinski definition) is 2. The SMILES string of the molecule is CCCCCCNC(=O)CCN. The first-order valence-electron chi connectivity index (χ1n) is 4.78. The van der Waals surface area contributed by atoms with Crippen molar-refractivity contribution in [3.63, 3.8) is 0 Å². The standard InChI is InChI=1S/C9H20N2O/c1-2-3-4-5-8-11-9(12)6-7-10/h2-8,10H2,1H3,(H,11,12). The zero-order valence-electron chi connectivity index (χ0n) is 7.94. The molecule has 3 heteroatoms. The Morgan fingerprint density at radius 3 is 2.67 bits per heavy atom. The average molecular weight is 172 g/mol. The molecule has 0 aliphatic heterocycles. The van der Waals surface area contributed by atoms with E-state index in [0.717, 1.165) is 13.0 Å². The van der Waals surface area contributed by atoms with E-state index in [2.05, 4.69) is 12.2 Å². The molecule has 1 amide bonds. The summed E-state index contributed by atoms with van der Waals surface area (Å²) in [6, 6.07) is 0. The molecular formula is C9H20N2O. The molecular weight excluding hydrogens is 152 g/mol. The molecule has 0 atom stereocenters. The van der Waals surface area contributed by atoms with Crippen LogP contribution in [0.3, 0.4) is 0 Å². The van der Waals surface area contributed by atoms with Gasteiger partial charge in [-0.2, -0.15) is 0 Å². The lowest BCUT2D eigenvalue weighted by molar-refractivity contribution is -0.120. The van der Waals surface area contributed by atoms with Gasteiger partial charge in [0, 0.05) is 19.5 Å². The van der Waals surface area contributed by atoms with Crippen LogP contribution >= 0.6 is 0 Å². The minimum Gasteiger partial charge on any atom is -0.356 e. The molecule has 3 nitrogen and oxygen atoms in total. The second-order valence-electron chi connectivity index (χ2n) is 2.95. The third-order valence-electron chi connectivity index (χ3n) is 1.72. The first kappa shape index (κ1) is 11.4. The largest absolute Gasteiger partial charge is 0.356 e. The molecule has 0 bridgehead atoms. The second-order valence-corrected chi connectivity index (χ2v) is 2.95. The summed E-state index contributed by atoms with van der Waals surface area (Å²) in [5, 5.41) is 2.82. The topological polar surface area (TPSA) is 55.1 Å². The number of carbonyl (C=O) groups is 1. The van der Waals surface area contributed by atoms with E-state index >= 15 is 0 Å². The van der Waals surface area contributed by atoms with E-state index in [1.54, 1.807) is 0 Å². The summed E-state index contributed by atoms with van der Waals surface area (Å²) in [7, 11) is 0. The molecule has 3 N–H and O–H groups in total. The fraction of sp³-hybridized carbons (Fsp3) is 0.889. The molecule has 0 aromatic carbocycles. The highest BCUT2D eigenvalue weighted by Gasteiger charge is 1.96. The molecule has 0 heterocycles. The van der Waals surface area contributed by atoms with E-state index in [0.29, 0.717) is 13.0 Å². The van der Waals surface area contributed by atoms with Crippen molar-refractivity contribution >= 4 is 5.91 Å². The van der Waals surface area contributed by atoms with E-state index in [4.69, 9.17) is 5.73 Å². The zero-order chi connectivity index (χ0) is 9.23. The number of hydrogen-bond acceptors (Lipinski definition) is 2. The Hall–Kier alpha value is -0.570. The lowest BCUT2D eigenvalue weighted by atomic mass is 10.2. The Morgan fingerprint density at radius 2 is 2.08 bits per heavy atom. The average Bonchev–Trinajstić information content (AvgIpc) is 2.05. The lowest BCUT2D eigenvalue weighted by Gasteiger charge is -2.02. The van der Waals surface area contributed by atoms with Crippen LogP contribution in [0.15, 0.2) is 0 Å². The van der Waals surface area contributed by atoms with Gasteiger partial charge in [-0.05, 0) is 6.42 Å². The molecule has 0 aromatic heterocycles. The van der Waals surface area contributed by atoms with Crippen molar-refractivity contribution in [2.24, 2.45) is 5.73 Å². The van der Waals surface area contributed by atoms with Crippen molar-refractivity contribution < 1.29 is 4.79 Å². The molecule has 0 spiro atoms. The van der Waals surface area contributed by atoms with Crippen LogP contribution < -0.4 is 11.1 Å². The number of nitrogens with one attached hydrogen (secondary N) is 1. The summed E-state index contributed by atoms with van der Waals surface area (Å²) in [5.41, 5.74) is 5.22. The highest BCUT2D eigenvalue weighted by atomic mass is 16.1. The molecule has 0 saturated heterocycles. The third kappa shape index (κ3) is 7.54. The summed E-state index contributed by atoms with van der Waals surface area (Å²) in [5.74, 6) is 0.0778. The quantitative estimate of drug-likeness (QED) is 0.564. The number of carbonyl (C=O) groups excluding carboxylic acids is 1. The molecule has 0 aliphatic rings. The predicted octanol–water partition coefficient (Wildman–Crippen LogP) is 1.03. The minimum absolute atomic E-state index is 0.0778. The molecule has 0 radical (unpaired) electrons. The minimum atomic E-state index is 0.0778. The monoisotopic (exact) mass is 172 g/mol. The van der Waals surface area contributed by atoms with Crippen LogP contribution in [0.5, 0.6) is 0 Å². The number of rotatable bonds is 7. The Kier molecular flexibility index (Phi) is 8.12. The van der Waals surface area contributed by atoms with Gasteiger partial charge in [-0.3, -0.25) is 4.79 Å². The van der Waals surface area contributed by atoms with Gasteiger partial charge < -0.3 is 11.1 Å². The lowest BCUT2D eigenvalue weighted by Crippen LogP contribution is -2.26. The fourth-order valence-electron chi connectivity index (χ4n) is 0.999. The van der Waals surface area contributed by atoms with Crippen molar-refractivity contribution in [3.05, 3.63) is 0 Å². The van der Waals surface area contributed by atoms with E-state index in [-0.39, 0.29) is 5.91 Å². The van der Waals surface area contributed by atoms with Gasteiger partial charge in [-0.25, -0.2) is 0 Å². The Morgan fingerprint density at radius 1 is 1.33 bits per heavy atom. The maximum absolute atomic E-state index is 10.9. The van der Waals surface area contributed by atoms with Crippen molar-refractivity contribution in [1.82, 2.24) is 5.32 Å². The van der Waals surface area contributed by atoms with E-state index < -0.39 is 0 Å². The van der Waals surface area contributed by atoms with Gasteiger partial charge in [0.2, 0.25) is 5.91 Å². The van der Waals surface area contributed by atoms with Gasteiger partial charge in [0.1, 0.15) is 0 Å². The highest BCUT2D eigenvalue weighted by molar-refractivity contribution is 5.75. The van der Waals surface area contributed by atoms with Crippen LogP contribution in [0, 0.1) is 0 Å². The van der Waals surface area contributed by atoms with Gasteiger partial charge in [0.05, 0.1) is 0 Å². The van der Waals surface area contributed by atoms with Crippen molar-refractivity contribution in [1.29, 1.82) is 0 Å². The predicted molar refractivity (Wildman–Crippen MR) is 50.8 cm³/mol. The molecule has 0 aromatic rings. The molecule has 0 fully saturated rings. The first-order chi connectivity index (χ1) is 5.81. The number of amides is 1. The fourth-order valence-corrected chi connectivity index (χ4v) is 0.999. The Labute approximate surface area is 74.7 Å². The van der Waals surface area contributed by atoms with Crippen molar-refractivity contribution in [2.45, 2.75) is 39.0 Å². The maximum Gasteiger partial charge on any atom is 0.221 e. The van der Waals surface area contributed by atoms with Crippen LogP contribution in [0.1, 0.15) is 39.0 Å². The smallest absolute Gasteiger partial charge is 0.221 e. The van der Waals surface area contributed by atoms with Gasteiger partial charge in [0.25, 0.3) is 0 Å². The molecule has 0 saturated carbocycles. The molecule has 12 heavy (non-hydrogen) atoms. The Balaban J connectivity index is 3.03. The third-order valence-corrected chi connectivity index (χ3v) is 1.72. The van der Waals surface area contributed by atoms with Crippen LogP contribution in [0.2, 0.25) is 0 Å². The Bertz CT molecular complexity index is 115. The van der Waals surface area contributed by atoms with Gasteiger partial charge in [0.15, 0.2) is 0 Å². The summed E-state index contributed by atoms with van der Waals surface area (Å²) in [6.45, 7) is 3.42. The summed E-state index contributed by atoms with van der Waals surface area (Å²) >= 11 is 0. The van der Waals surface area contributed by atoms with Crippen LogP contribution in [-0.4, -0.2) is 19.0 Å². The molecule has 0 aliphatic carbocycles. The van der Waals surface area contributed by atoms with Gasteiger partial charge >= 0.3 is 0 Å².